The number of hydrogen-bond acceptors (Lipinski definition) is 4. The number of amides is 1. The summed E-state index contributed by atoms with van der Waals surface area (Å²) >= 11 is 0. The van der Waals surface area contributed by atoms with Gasteiger partial charge in [0.05, 0.1) is 5.69 Å². The second kappa shape index (κ2) is 6.83. The smallest absolute Gasteiger partial charge is 0.303 e. The summed E-state index contributed by atoms with van der Waals surface area (Å²) in [7, 11) is 0. The molecule has 0 saturated carbocycles. The van der Waals surface area contributed by atoms with Gasteiger partial charge in [-0.2, -0.15) is 5.10 Å². The van der Waals surface area contributed by atoms with Gasteiger partial charge in [-0.05, 0) is 25.3 Å². The van der Waals surface area contributed by atoms with Crippen molar-refractivity contribution in [3.05, 3.63) is 27.2 Å². The van der Waals surface area contributed by atoms with Crippen molar-refractivity contribution < 1.29 is 14.7 Å². The van der Waals surface area contributed by atoms with Gasteiger partial charge in [0, 0.05) is 13.0 Å². The molecule has 0 radical (unpaired) electrons. The summed E-state index contributed by atoms with van der Waals surface area (Å²) in [4.78, 5) is 34.4. The van der Waals surface area contributed by atoms with Crippen LogP contribution in [0.3, 0.4) is 0 Å². The summed E-state index contributed by atoms with van der Waals surface area (Å²) in [6, 6.07) is 0. The molecule has 0 aromatic carbocycles. The number of carbonyl (C=O) groups is 2. The van der Waals surface area contributed by atoms with E-state index in [1.807, 2.05) is 6.92 Å². The fourth-order valence-corrected chi connectivity index (χ4v) is 1.83. The Morgan fingerprint density at radius 3 is 2.60 bits per heavy atom. The zero-order chi connectivity index (χ0) is 15.3. The second-order valence-electron chi connectivity index (χ2n) is 4.72. The number of aliphatic carboxylic acids is 1. The Morgan fingerprint density at radius 2 is 2.05 bits per heavy atom. The molecule has 1 atom stereocenters. The highest BCUT2D eigenvalue weighted by Gasteiger charge is 2.18. The predicted molar refractivity (Wildman–Crippen MR) is 72.7 cm³/mol. The van der Waals surface area contributed by atoms with Crippen molar-refractivity contribution in [1.29, 1.82) is 0 Å². The first kappa shape index (κ1) is 15.9. The van der Waals surface area contributed by atoms with Crippen LogP contribution in [0.5, 0.6) is 0 Å². The molecule has 0 saturated heterocycles. The Kier molecular flexibility index (Phi) is 5.42. The van der Waals surface area contributed by atoms with Gasteiger partial charge in [0.15, 0.2) is 0 Å². The Morgan fingerprint density at radius 1 is 1.40 bits per heavy atom. The zero-order valence-electron chi connectivity index (χ0n) is 11.8. The van der Waals surface area contributed by atoms with E-state index in [0.29, 0.717) is 17.7 Å². The average Bonchev–Trinajstić information content (AvgIpc) is 2.39. The van der Waals surface area contributed by atoms with Crippen molar-refractivity contribution in [3.63, 3.8) is 0 Å². The molecule has 7 nitrogen and oxygen atoms in total. The fraction of sp³-hybridized carbons (Fsp3) is 0.538. The van der Waals surface area contributed by atoms with E-state index in [-0.39, 0.29) is 24.4 Å². The van der Waals surface area contributed by atoms with Crippen molar-refractivity contribution in [3.8, 4) is 0 Å². The molecule has 1 heterocycles. The summed E-state index contributed by atoms with van der Waals surface area (Å²) < 4.78 is 0. The van der Waals surface area contributed by atoms with Gasteiger partial charge in [-0.1, -0.05) is 13.3 Å². The zero-order valence-corrected chi connectivity index (χ0v) is 11.8. The summed E-state index contributed by atoms with van der Waals surface area (Å²) in [5.74, 6) is -1.56. The molecule has 110 valence electrons. The van der Waals surface area contributed by atoms with Gasteiger partial charge in [0.25, 0.3) is 11.5 Å². The quantitative estimate of drug-likeness (QED) is 0.707. The topological polar surface area (TPSA) is 112 Å². The number of nitrogens with one attached hydrogen (secondary N) is 2. The number of rotatable bonds is 6. The molecule has 20 heavy (non-hydrogen) atoms. The number of carboxylic acid groups (broad SMARTS) is 1. The molecule has 0 aliphatic carbocycles. The SMILES string of the molecule is CCC(CNC(=O)c1c(C)c(C)n[nH]c1=O)CC(=O)O. The number of carboxylic acids is 1. The number of aromatic amines is 1. The Hall–Kier alpha value is -2.18. The molecule has 3 N–H and O–H groups in total. The standard InChI is InChI=1S/C13H19N3O4/c1-4-9(5-10(17)18)6-14-12(19)11-7(2)8(3)15-16-13(11)20/h9H,4-6H2,1-3H3,(H,14,19)(H,16,20)(H,17,18). The lowest BCUT2D eigenvalue weighted by Gasteiger charge is -2.14. The van der Waals surface area contributed by atoms with E-state index in [1.165, 1.54) is 0 Å². The molecule has 0 spiro atoms. The first-order valence-corrected chi connectivity index (χ1v) is 6.42. The Labute approximate surface area is 116 Å². The van der Waals surface area contributed by atoms with Gasteiger partial charge in [-0.15, -0.1) is 0 Å². The van der Waals surface area contributed by atoms with Crippen LogP contribution in [0.25, 0.3) is 0 Å². The minimum absolute atomic E-state index is 0.0124. The molecule has 1 aromatic rings. The third kappa shape index (κ3) is 3.91. The molecule has 1 aromatic heterocycles. The van der Waals surface area contributed by atoms with Crippen LogP contribution in [-0.2, 0) is 4.79 Å². The molecule has 0 aliphatic rings. The number of carbonyl (C=O) groups excluding carboxylic acids is 1. The van der Waals surface area contributed by atoms with E-state index >= 15 is 0 Å². The normalized spacial score (nSPS) is 11.9. The summed E-state index contributed by atoms with van der Waals surface area (Å²) in [6.07, 6.45) is 0.624. The first-order valence-electron chi connectivity index (χ1n) is 6.42. The number of H-pyrrole nitrogens is 1. The lowest BCUT2D eigenvalue weighted by Crippen LogP contribution is -2.35. The number of aromatic nitrogens is 2. The van der Waals surface area contributed by atoms with E-state index in [4.69, 9.17) is 5.11 Å². The molecule has 0 fully saturated rings. The highest BCUT2D eigenvalue weighted by atomic mass is 16.4. The van der Waals surface area contributed by atoms with Crippen LogP contribution in [0.15, 0.2) is 4.79 Å². The summed E-state index contributed by atoms with van der Waals surface area (Å²) in [6.45, 7) is 5.43. The average molecular weight is 281 g/mol. The monoisotopic (exact) mass is 281 g/mol. The van der Waals surface area contributed by atoms with E-state index in [9.17, 15) is 14.4 Å². The molecule has 1 rings (SSSR count). The van der Waals surface area contributed by atoms with Crippen LogP contribution in [0, 0.1) is 19.8 Å². The fourth-order valence-electron chi connectivity index (χ4n) is 1.83. The molecule has 1 unspecified atom stereocenters. The number of nitrogens with zero attached hydrogens (tertiary/aromatic N) is 1. The van der Waals surface area contributed by atoms with E-state index in [1.54, 1.807) is 13.8 Å². The summed E-state index contributed by atoms with van der Waals surface area (Å²) in [5.41, 5.74) is 0.587. The van der Waals surface area contributed by atoms with Crippen molar-refractivity contribution in [2.75, 3.05) is 6.54 Å². The molecule has 1 amide bonds. The van der Waals surface area contributed by atoms with Gasteiger partial charge in [-0.3, -0.25) is 14.4 Å². The Balaban J connectivity index is 2.80. The van der Waals surface area contributed by atoms with Gasteiger partial charge < -0.3 is 10.4 Å². The minimum atomic E-state index is -0.903. The van der Waals surface area contributed by atoms with Gasteiger partial charge in [0.1, 0.15) is 5.56 Å². The molecule has 7 heteroatoms. The van der Waals surface area contributed by atoms with Gasteiger partial charge in [0.2, 0.25) is 0 Å². The maximum Gasteiger partial charge on any atom is 0.303 e. The molecular formula is C13H19N3O4. The second-order valence-corrected chi connectivity index (χ2v) is 4.72. The third-order valence-corrected chi connectivity index (χ3v) is 3.29. The first-order chi connectivity index (χ1) is 9.36. The predicted octanol–water partition coefficient (Wildman–Crippen LogP) is 0.617. The van der Waals surface area contributed by atoms with Crippen molar-refractivity contribution in [2.24, 2.45) is 5.92 Å². The highest BCUT2D eigenvalue weighted by molar-refractivity contribution is 5.95. The van der Waals surface area contributed by atoms with Crippen molar-refractivity contribution in [2.45, 2.75) is 33.6 Å². The number of aryl methyl sites for hydroxylation is 1. The van der Waals surface area contributed by atoms with Gasteiger partial charge >= 0.3 is 5.97 Å². The molecule has 0 bridgehead atoms. The van der Waals surface area contributed by atoms with E-state index < -0.39 is 17.4 Å². The Bertz CT molecular complexity index is 565. The number of hydrogen-bond donors (Lipinski definition) is 3. The maximum atomic E-state index is 12.0. The highest BCUT2D eigenvalue weighted by Crippen LogP contribution is 2.08. The van der Waals surface area contributed by atoms with Crippen molar-refractivity contribution in [1.82, 2.24) is 15.5 Å². The van der Waals surface area contributed by atoms with Crippen molar-refractivity contribution >= 4 is 11.9 Å². The minimum Gasteiger partial charge on any atom is -0.481 e. The maximum absolute atomic E-state index is 12.0. The van der Waals surface area contributed by atoms with E-state index in [2.05, 4.69) is 15.5 Å². The van der Waals surface area contributed by atoms with E-state index in [0.717, 1.165) is 0 Å². The summed E-state index contributed by atoms with van der Waals surface area (Å²) in [5, 5.41) is 17.4. The van der Waals surface area contributed by atoms with Crippen LogP contribution in [0.4, 0.5) is 0 Å². The van der Waals surface area contributed by atoms with Crippen LogP contribution in [0.1, 0.15) is 41.4 Å². The lowest BCUT2D eigenvalue weighted by molar-refractivity contribution is -0.138. The molecular weight excluding hydrogens is 262 g/mol. The van der Waals surface area contributed by atoms with Crippen LogP contribution >= 0.6 is 0 Å². The third-order valence-electron chi connectivity index (χ3n) is 3.29. The lowest BCUT2D eigenvalue weighted by atomic mass is 10.0. The molecule has 0 aliphatic heterocycles. The van der Waals surface area contributed by atoms with Crippen LogP contribution < -0.4 is 10.9 Å². The largest absolute Gasteiger partial charge is 0.481 e. The van der Waals surface area contributed by atoms with Crippen LogP contribution in [-0.4, -0.2) is 33.7 Å². The van der Waals surface area contributed by atoms with Gasteiger partial charge in [-0.25, -0.2) is 5.10 Å². The van der Waals surface area contributed by atoms with Crippen LogP contribution in [0.2, 0.25) is 0 Å².